The highest BCUT2D eigenvalue weighted by Gasteiger charge is 2.22. The number of rotatable bonds is 4. The van der Waals surface area contributed by atoms with E-state index in [4.69, 9.17) is 10.8 Å². The first-order valence-electron chi connectivity index (χ1n) is 4.67. The smallest absolute Gasteiger partial charge is 0.243 e. The van der Waals surface area contributed by atoms with Crippen LogP contribution in [-0.4, -0.2) is 26.2 Å². The molecule has 4 N–H and O–H groups in total. The lowest BCUT2D eigenvalue weighted by molar-refractivity contribution is 0.198. The Morgan fingerprint density at radius 1 is 1.47 bits per heavy atom. The van der Waals surface area contributed by atoms with Crippen molar-refractivity contribution >= 4 is 15.7 Å². The first kappa shape index (κ1) is 13.8. The van der Waals surface area contributed by atoms with Crippen LogP contribution in [0, 0.1) is 11.6 Å². The van der Waals surface area contributed by atoms with Gasteiger partial charge < -0.3 is 10.8 Å². The molecule has 96 valence electrons. The van der Waals surface area contributed by atoms with E-state index in [-0.39, 0.29) is 6.54 Å². The summed E-state index contributed by atoms with van der Waals surface area (Å²) in [5.74, 6) is -2.37. The molecule has 5 nitrogen and oxygen atoms in total. The first-order chi connectivity index (χ1) is 7.75. The summed E-state index contributed by atoms with van der Waals surface area (Å²) in [6.45, 7) is 1.08. The maximum atomic E-state index is 13.4. The van der Waals surface area contributed by atoms with Crippen molar-refractivity contribution < 1.29 is 22.3 Å². The molecule has 0 fully saturated rings. The average molecular weight is 266 g/mol. The molecule has 0 aliphatic heterocycles. The van der Waals surface area contributed by atoms with Crippen LogP contribution in [0.2, 0.25) is 0 Å². The molecule has 8 heteroatoms. The van der Waals surface area contributed by atoms with Crippen molar-refractivity contribution in [1.82, 2.24) is 4.72 Å². The molecule has 0 spiro atoms. The van der Waals surface area contributed by atoms with Gasteiger partial charge in [-0.2, -0.15) is 0 Å². The summed E-state index contributed by atoms with van der Waals surface area (Å²) >= 11 is 0. The van der Waals surface area contributed by atoms with Crippen LogP contribution in [-0.2, 0) is 10.0 Å². The Morgan fingerprint density at radius 2 is 2.06 bits per heavy atom. The van der Waals surface area contributed by atoms with Crippen LogP contribution in [0.5, 0.6) is 0 Å². The second-order valence-electron chi connectivity index (χ2n) is 3.47. The lowest BCUT2D eigenvalue weighted by atomic mass is 10.3. The first-order valence-corrected chi connectivity index (χ1v) is 6.15. The summed E-state index contributed by atoms with van der Waals surface area (Å²) in [4.78, 5) is -0.753. The van der Waals surface area contributed by atoms with Gasteiger partial charge >= 0.3 is 0 Å². The van der Waals surface area contributed by atoms with Gasteiger partial charge in [0.25, 0.3) is 0 Å². The Hall–Kier alpha value is -1.25. The van der Waals surface area contributed by atoms with Crippen LogP contribution < -0.4 is 10.5 Å². The zero-order chi connectivity index (χ0) is 13.2. The number of sulfonamides is 1. The Balaban J connectivity index is 3.12. The molecule has 0 radical (unpaired) electrons. The molecule has 1 aromatic carbocycles. The molecule has 1 rings (SSSR count). The van der Waals surface area contributed by atoms with Crippen molar-refractivity contribution in [2.45, 2.75) is 17.9 Å². The molecule has 0 saturated carbocycles. The van der Waals surface area contributed by atoms with Gasteiger partial charge in [0.15, 0.2) is 5.82 Å². The van der Waals surface area contributed by atoms with E-state index in [0.29, 0.717) is 0 Å². The number of nitrogens with two attached hydrogens (primary N) is 1. The van der Waals surface area contributed by atoms with Gasteiger partial charge in [0, 0.05) is 6.54 Å². The molecule has 0 bridgehead atoms. The molecular weight excluding hydrogens is 254 g/mol. The molecule has 0 saturated heterocycles. The minimum absolute atomic E-state index is 0.279. The lowest BCUT2D eigenvalue weighted by Gasteiger charge is -2.10. The Kier molecular flexibility index (Phi) is 4.02. The number of halogens is 2. The van der Waals surface area contributed by atoms with E-state index < -0.39 is 38.3 Å². The maximum absolute atomic E-state index is 13.4. The Bertz CT molecular complexity index is 517. The van der Waals surface area contributed by atoms with Gasteiger partial charge in [-0.15, -0.1) is 0 Å². The SMILES string of the molecule is C[C@@H](O)CNS(=O)(=O)c1ccc(F)c(N)c1F. The summed E-state index contributed by atoms with van der Waals surface area (Å²) in [7, 11) is -4.16. The van der Waals surface area contributed by atoms with E-state index in [1.807, 2.05) is 4.72 Å². The van der Waals surface area contributed by atoms with E-state index >= 15 is 0 Å². The predicted molar refractivity (Wildman–Crippen MR) is 57.6 cm³/mol. The number of nitrogens with one attached hydrogen (secondary N) is 1. The zero-order valence-electron chi connectivity index (χ0n) is 8.94. The third-order valence-electron chi connectivity index (χ3n) is 1.95. The number of hydrogen-bond donors (Lipinski definition) is 3. The number of aliphatic hydroxyl groups is 1. The maximum Gasteiger partial charge on any atom is 0.243 e. The van der Waals surface area contributed by atoms with E-state index in [2.05, 4.69) is 0 Å². The summed E-state index contributed by atoms with van der Waals surface area (Å²) in [6.07, 6.45) is -0.925. The molecular formula is C9H12F2N2O3S. The summed E-state index contributed by atoms with van der Waals surface area (Å²) in [6, 6.07) is 1.53. The van der Waals surface area contributed by atoms with Crippen molar-refractivity contribution in [3.05, 3.63) is 23.8 Å². The van der Waals surface area contributed by atoms with Crippen LogP contribution >= 0.6 is 0 Å². The summed E-state index contributed by atoms with van der Waals surface area (Å²) in [5, 5.41) is 8.93. The van der Waals surface area contributed by atoms with Crippen molar-refractivity contribution in [3.8, 4) is 0 Å². The summed E-state index contributed by atoms with van der Waals surface area (Å²) < 4.78 is 51.4. The highest BCUT2D eigenvalue weighted by molar-refractivity contribution is 7.89. The monoisotopic (exact) mass is 266 g/mol. The van der Waals surface area contributed by atoms with Crippen LogP contribution in [0.4, 0.5) is 14.5 Å². The van der Waals surface area contributed by atoms with E-state index in [0.717, 1.165) is 12.1 Å². The Labute approximate surface area is 97.3 Å². The number of hydrogen-bond acceptors (Lipinski definition) is 4. The predicted octanol–water partition coefficient (Wildman–Crippen LogP) is 0.206. The van der Waals surface area contributed by atoms with Gasteiger partial charge in [0.2, 0.25) is 10.0 Å². The van der Waals surface area contributed by atoms with Crippen molar-refractivity contribution in [1.29, 1.82) is 0 Å². The normalized spacial score (nSPS) is 13.6. The topological polar surface area (TPSA) is 92.4 Å². The highest BCUT2D eigenvalue weighted by atomic mass is 32.2. The van der Waals surface area contributed by atoms with Crippen LogP contribution in [0.15, 0.2) is 17.0 Å². The van der Waals surface area contributed by atoms with Gasteiger partial charge in [0.1, 0.15) is 16.4 Å². The second kappa shape index (κ2) is 4.94. The van der Waals surface area contributed by atoms with E-state index in [9.17, 15) is 17.2 Å². The third kappa shape index (κ3) is 3.11. The number of benzene rings is 1. The fourth-order valence-corrected chi connectivity index (χ4v) is 2.27. The minimum atomic E-state index is -4.16. The standard InChI is InChI=1S/C9H12F2N2O3S/c1-5(14)4-13-17(15,16)7-3-2-6(10)9(12)8(7)11/h2-3,5,13-14H,4,12H2,1H3/t5-/m1/s1. The van der Waals surface area contributed by atoms with Crippen LogP contribution in [0.25, 0.3) is 0 Å². The Morgan fingerprint density at radius 3 is 2.59 bits per heavy atom. The van der Waals surface area contributed by atoms with E-state index in [1.165, 1.54) is 6.92 Å². The quantitative estimate of drug-likeness (QED) is 0.679. The lowest BCUT2D eigenvalue weighted by Crippen LogP contribution is -2.31. The molecule has 0 aromatic heterocycles. The summed E-state index contributed by atoms with van der Waals surface area (Å²) in [5.41, 5.74) is 4.19. The van der Waals surface area contributed by atoms with Gasteiger partial charge in [-0.25, -0.2) is 21.9 Å². The van der Waals surface area contributed by atoms with E-state index in [1.54, 1.807) is 0 Å². The second-order valence-corrected chi connectivity index (χ2v) is 5.21. The zero-order valence-corrected chi connectivity index (χ0v) is 9.76. The van der Waals surface area contributed by atoms with Gasteiger partial charge in [0.05, 0.1) is 6.10 Å². The number of anilines is 1. The molecule has 0 unspecified atom stereocenters. The molecule has 0 amide bonds. The fourth-order valence-electron chi connectivity index (χ4n) is 1.06. The van der Waals surface area contributed by atoms with Gasteiger partial charge in [-0.1, -0.05) is 0 Å². The molecule has 0 aliphatic carbocycles. The largest absolute Gasteiger partial charge is 0.394 e. The van der Waals surface area contributed by atoms with Gasteiger partial charge in [-0.3, -0.25) is 0 Å². The van der Waals surface area contributed by atoms with Crippen LogP contribution in [0.1, 0.15) is 6.92 Å². The highest BCUT2D eigenvalue weighted by Crippen LogP contribution is 2.22. The van der Waals surface area contributed by atoms with Crippen molar-refractivity contribution in [2.75, 3.05) is 12.3 Å². The minimum Gasteiger partial charge on any atom is -0.394 e. The van der Waals surface area contributed by atoms with Crippen LogP contribution in [0.3, 0.4) is 0 Å². The molecule has 0 heterocycles. The molecule has 0 aliphatic rings. The molecule has 1 aromatic rings. The van der Waals surface area contributed by atoms with Crippen molar-refractivity contribution in [3.63, 3.8) is 0 Å². The fraction of sp³-hybridized carbons (Fsp3) is 0.333. The van der Waals surface area contributed by atoms with Crippen molar-refractivity contribution in [2.24, 2.45) is 0 Å². The molecule has 1 atom stereocenters. The number of aliphatic hydroxyl groups excluding tert-OH is 1. The average Bonchev–Trinajstić information content (AvgIpc) is 2.23. The third-order valence-corrected chi connectivity index (χ3v) is 3.39. The molecule has 17 heavy (non-hydrogen) atoms. The number of nitrogen functional groups attached to an aromatic ring is 1. The van der Waals surface area contributed by atoms with Gasteiger partial charge in [-0.05, 0) is 19.1 Å².